The maximum Gasteiger partial charge on any atom is 0.242 e. The minimum atomic E-state index is -1.07. The Morgan fingerprint density at radius 1 is 1.38 bits per heavy atom. The predicted molar refractivity (Wildman–Crippen MR) is 85.5 cm³/mol. The number of likely N-dealkylation sites (tertiary alicyclic amines) is 1. The summed E-state index contributed by atoms with van der Waals surface area (Å²) in [7, 11) is 0. The third-order valence-electron chi connectivity index (χ3n) is 4.80. The minimum Gasteiger partial charge on any atom is -0.368 e. The van der Waals surface area contributed by atoms with Crippen LogP contribution in [0, 0.1) is 11.8 Å². The van der Waals surface area contributed by atoms with Crippen molar-refractivity contribution < 1.29 is 4.79 Å². The molecule has 1 amide bonds. The fourth-order valence-electron chi connectivity index (χ4n) is 3.09. The first kappa shape index (κ1) is 16.0. The Labute approximate surface area is 127 Å². The van der Waals surface area contributed by atoms with Crippen LogP contribution in [-0.2, 0) is 10.3 Å². The van der Waals surface area contributed by atoms with Gasteiger partial charge in [0, 0.05) is 13.1 Å². The summed E-state index contributed by atoms with van der Waals surface area (Å²) in [4.78, 5) is 14.3. The molecule has 0 aliphatic carbocycles. The van der Waals surface area contributed by atoms with Gasteiger partial charge in [0.1, 0.15) is 5.54 Å². The highest BCUT2D eigenvalue weighted by Gasteiger charge is 2.35. The summed E-state index contributed by atoms with van der Waals surface area (Å²) < 4.78 is 0. The van der Waals surface area contributed by atoms with Gasteiger partial charge in [-0.1, -0.05) is 44.2 Å². The summed E-state index contributed by atoms with van der Waals surface area (Å²) >= 11 is 0. The van der Waals surface area contributed by atoms with Crippen LogP contribution in [0.1, 0.15) is 32.3 Å². The van der Waals surface area contributed by atoms with Crippen LogP contribution < -0.4 is 11.5 Å². The van der Waals surface area contributed by atoms with Gasteiger partial charge in [-0.15, -0.1) is 0 Å². The van der Waals surface area contributed by atoms with Gasteiger partial charge in [0.05, 0.1) is 0 Å². The lowest BCUT2D eigenvalue weighted by Gasteiger charge is -2.29. The molecule has 4 heteroatoms. The maximum atomic E-state index is 11.9. The average Bonchev–Trinajstić information content (AvgIpc) is 2.94. The summed E-state index contributed by atoms with van der Waals surface area (Å²) in [6, 6.07) is 9.46. The topological polar surface area (TPSA) is 72.3 Å². The molecular formula is C17H27N3O. The second kappa shape index (κ2) is 6.58. The van der Waals surface area contributed by atoms with Crippen LogP contribution in [-0.4, -0.2) is 30.4 Å². The number of carbonyl (C=O) groups excluding carboxylic acids is 1. The summed E-state index contributed by atoms with van der Waals surface area (Å²) in [5.74, 6) is 1.01. The molecule has 4 nitrogen and oxygen atoms in total. The fourth-order valence-corrected chi connectivity index (χ4v) is 3.09. The number of nitrogens with two attached hydrogens (primary N) is 2. The van der Waals surface area contributed by atoms with Gasteiger partial charge < -0.3 is 16.4 Å². The van der Waals surface area contributed by atoms with E-state index < -0.39 is 11.4 Å². The third kappa shape index (κ3) is 3.63. The molecule has 1 heterocycles. The SMILES string of the molecule is CC(C)C1CCN(CCC(N)(C(N)=O)c2ccccc2)C1. The van der Waals surface area contributed by atoms with E-state index in [0.717, 1.165) is 31.1 Å². The normalized spacial score (nSPS) is 22.4. The molecule has 1 saturated heterocycles. The van der Waals surface area contributed by atoms with Crippen LogP contribution in [0.2, 0.25) is 0 Å². The molecule has 0 saturated carbocycles. The number of primary amides is 1. The lowest BCUT2D eigenvalue weighted by molar-refractivity contribution is -0.123. The quantitative estimate of drug-likeness (QED) is 0.837. The van der Waals surface area contributed by atoms with E-state index in [1.54, 1.807) is 0 Å². The second-order valence-electron chi connectivity index (χ2n) is 6.55. The van der Waals surface area contributed by atoms with E-state index in [1.807, 2.05) is 30.3 Å². The van der Waals surface area contributed by atoms with Gasteiger partial charge in [0.2, 0.25) is 5.91 Å². The second-order valence-corrected chi connectivity index (χ2v) is 6.55. The summed E-state index contributed by atoms with van der Waals surface area (Å²) in [6.45, 7) is 7.55. The van der Waals surface area contributed by atoms with E-state index in [4.69, 9.17) is 11.5 Å². The number of benzene rings is 1. The van der Waals surface area contributed by atoms with Crippen LogP contribution in [0.25, 0.3) is 0 Å². The third-order valence-corrected chi connectivity index (χ3v) is 4.80. The first-order valence-electron chi connectivity index (χ1n) is 7.80. The minimum absolute atomic E-state index is 0.451. The molecule has 1 aliphatic rings. The van der Waals surface area contributed by atoms with Crippen molar-refractivity contribution in [2.75, 3.05) is 19.6 Å². The number of amides is 1. The summed E-state index contributed by atoms with van der Waals surface area (Å²) in [5, 5.41) is 0. The van der Waals surface area contributed by atoms with Crippen molar-refractivity contribution in [2.45, 2.75) is 32.2 Å². The van der Waals surface area contributed by atoms with E-state index in [9.17, 15) is 4.79 Å². The smallest absolute Gasteiger partial charge is 0.242 e. The Morgan fingerprint density at radius 3 is 2.57 bits per heavy atom. The molecule has 1 aromatic rings. The largest absolute Gasteiger partial charge is 0.368 e. The standard InChI is InChI=1S/C17H27N3O/c1-13(2)14-8-10-20(12-14)11-9-17(19,16(18)21)15-6-4-3-5-7-15/h3-7,13-14H,8-12,19H2,1-2H3,(H2,18,21). The Morgan fingerprint density at radius 2 is 2.05 bits per heavy atom. The summed E-state index contributed by atoms with van der Waals surface area (Å²) in [6.07, 6.45) is 1.80. The van der Waals surface area contributed by atoms with E-state index >= 15 is 0 Å². The molecule has 116 valence electrons. The number of carbonyl (C=O) groups is 1. The van der Waals surface area contributed by atoms with E-state index in [1.165, 1.54) is 6.42 Å². The molecule has 0 spiro atoms. The van der Waals surface area contributed by atoms with E-state index in [0.29, 0.717) is 12.3 Å². The molecular weight excluding hydrogens is 262 g/mol. The molecule has 4 N–H and O–H groups in total. The molecule has 1 aliphatic heterocycles. The number of hydrogen-bond donors (Lipinski definition) is 2. The Balaban J connectivity index is 2.00. The van der Waals surface area contributed by atoms with Gasteiger partial charge in [0.15, 0.2) is 0 Å². The van der Waals surface area contributed by atoms with Gasteiger partial charge in [0.25, 0.3) is 0 Å². The lowest BCUT2D eigenvalue weighted by Crippen LogP contribution is -2.50. The average molecular weight is 289 g/mol. The molecule has 2 rings (SSSR count). The van der Waals surface area contributed by atoms with Gasteiger partial charge >= 0.3 is 0 Å². The summed E-state index contributed by atoms with van der Waals surface area (Å²) in [5.41, 5.74) is 11.6. The zero-order valence-corrected chi connectivity index (χ0v) is 13.1. The van der Waals surface area contributed by atoms with Gasteiger partial charge in [-0.25, -0.2) is 0 Å². The van der Waals surface area contributed by atoms with E-state index in [-0.39, 0.29) is 0 Å². The zero-order chi connectivity index (χ0) is 15.5. The van der Waals surface area contributed by atoms with Crippen molar-refractivity contribution in [3.63, 3.8) is 0 Å². The Kier molecular flexibility index (Phi) is 5.01. The molecule has 21 heavy (non-hydrogen) atoms. The maximum absolute atomic E-state index is 11.9. The van der Waals surface area contributed by atoms with Crippen LogP contribution in [0.15, 0.2) is 30.3 Å². The lowest BCUT2D eigenvalue weighted by atomic mass is 9.86. The zero-order valence-electron chi connectivity index (χ0n) is 13.1. The monoisotopic (exact) mass is 289 g/mol. The molecule has 0 aromatic heterocycles. The van der Waals surface area contributed by atoms with Crippen LogP contribution in [0.4, 0.5) is 0 Å². The van der Waals surface area contributed by atoms with Crippen molar-refractivity contribution in [2.24, 2.45) is 23.3 Å². The predicted octanol–water partition coefficient (Wildman–Crippen LogP) is 1.69. The van der Waals surface area contributed by atoms with Crippen LogP contribution in [0.3, 0.4) is 0 Å². The number of nitrogens with zero attached hydrogens (tertiary/aromatic N) is 1. The first-order chi connectivity index (χ1) is 9.93. The fraction of sp³-hybridized carbons (Fsp3) is 0.588. The molecule has 2 unspecified atom stereocenters. The molecule has 1 aromatic carbocycles. The molecule has 0 bridgehead atoms. The van der Waals surface area contributed by atoms with Crippen molar-refractivity contribution in [1.82, 2.24) is 4.90 Å². The van der Waals surface area contributed by atoms with Crippen molar-refractivity contribution in [3.05, 3.63) is 35.9 Å². The number of rotatable bonds is 6. The van der Waals surface area contributed by atoms with Crippen LogP contribution in [0.5, 0.6) is 0 Å². The Hall–Kier alpha value is -1.39. The highest BCUT2D eigenvalue weighted by atomic mass is 16.1. The van der Waals surface area contributed by atoms with Crippen molar-refractivity contribution in [1.29, 1.82) is 0 Å². The number of hydrogen-bond acceptors (Lipinski definition) is 3. The van der Waals surface area contributed by atoms with Crippen LogP contribution >= 0.6 is 0 Å². The highest BCUT2D eigenvalue weighted by Crippen LogP contribution is 2.27. The first-order valence-corrected chi connectivity index (χ1v) is 7.80. The van der Waals surface area contributed by atoms with Gasteiger partial charge in [-0.3, -0.25) is 4.79 Å². The van der Waals surface area contributed by atoms with Gasteiger partial charge in [-0.2, -0.15) is 0 Å². The molecule has 1 fully saturated rings. The highest BCUT2D eigenvalue weighted by molar-refractivity contribution is 5.85. The molecule has 2 atom stereocenters. The van der Waals surface area contributed by atoms with Gasteiger partial charge in [-0.05, 0) is 36.8 Å². The van der Waals surface area contributed by atoms with Crippen molar-refractivity contribution >= 4 is 5.91 Å². The van der Waals surface area contributed by atoms with E-state index in [2.05, 4.69) is 18.7 Å². The molecule has 0 radical (unpaired) electrons. The van der Waals surface area contributed by atoms with Crippen molar-refractivity contribution in [3.8, 4) is 0 Å². The Bertz CT molecular complexity index is 474.